The molecular formula is C18H22FNO. The molecular weight excluding hydrogens is 265 g/mol. The number of aromatic hydroxyl groups is 1. The van der Waals surface area contributed by atoms with E-state index in [1.54, 1.807) is 6.07 Å². The highest BCUT2D eigenvalue weighted by molar-refractivity contribution is 5.35. The molecule has 112 valence electrons. The van der Waals surface area contributed by atoms with E-state index in [0.717, 1.165) is 16.7 Å². The summed E-state index contributed by atoms with van der Waals surface area (Å²) >= 11 is 0. The summed E-state index contributed by atoms with van der Waals surface area (Å²) in [6, 6.07) is 12.3. The predicted octanol–water partition coefficient (Wildman–Crippen LogP) is 4.33. The average Bonchev–Trinajstić information content (AvgIpc) is 2.44. The fourth-order valence-electron chi connectivity index (χ4n) is 2.48. The summed E-state index contributed by atoms with van der Waals surface area (Å²) in [6.07, 6.45) is 0. The van der Waals surface area contributed by atoms with Crippen LogP contribution < -0.4 is 5.32 Å². The molecule has 3 heteroatoms. The maximum Gasteiger partial charge on any atom is 0.123 e. The first-order valence-electron chi connectivity index (χ1n) is 7.24. The highest BCUT2D eigenvalue weighted by Gasteiger charge is 2.16. The van der Waals surface area contributed by atoms with E-state index in [9.17, 15) is 9.50 Å². The van der Waals surface area contributed by atoms with Gasteiger partial charge in [0.1, 0.15) is 11.6 Å². The minimum atomic E-state index is -0.224. The van der Waals surface area contributed by atoms with Gasteiger partial charge in [-0.1, -0.05) is 43.7 Å². The maximum atomic E-state index is 13.0. The lowest BCUT2D eigenvalue weighted by Gasteiger charge is -2.23. The lowest BCUT2D eigenvalue weighted by atomic mass is 9.95. The number of nitrogens with one attached hydrogen (secondary N) is 1. The Morgan fingerprint density at radius 2 is 1.76 bits per heavy atom. The lowest BCUT2D eigenvalue weighted by Crippen LogP contribution is -2.25. The van der Waals surface area contributed by atoms with Crippen LogP contribution in [-0.4, -0.2) is 5.11 Å². The summed E-state index contributed by atoms with van der Waals surface area (Å²) in [5.41, 5.74) is 3.05. The van der Waals surface area contributed by atoms with E-state index in [2.05, 4.69) is 19.2 Å². The quantitative estimate of drug-likeness (QED) is 0.858. The number of hydrogen-bond acceptors (Lipinski definition) is 2. The van der Waals surface area contributed by atoms with Gasteiger partial charge in [0.2, 0.25) is 0 Å². The monoisotopic (exact) mass is 287 g/mol. The highest BCUT2D eigenvalue weighted by atomic mass is 19.1. The van der Waals surface area contributed by atoms with Crippen LogP contribution in [0.15, 0.2) is 42.5 Å². The minimum Gasteiger partial charge on any atom is -0.508 e. The number of rotatable bonds is 5. The van der Waals surface area contributed by atoms with Crippen LogP contribution in [0.4, 0.5) is 4.39 Å². The summed E-state index contributed by atoms with van der Waals surface area (Å²) in [5, 5.41) is 13.4. The Morgan fingerprint density at radius 1 is 1.10 bits per heavy atom. The Kier molecular flexibility index (Phi) is 4.97. The third-order valence-corrected chi connectivity index (χ3v) is 3.64. The number of halogens is 1. The number of benzene rings is 2. The van der Waals surface area contributed by atoms with Crippen molar-refractivity contribution < 1.29 is 9.50 Å². The summed E-state index contributed by atoms with van der Waals surface area (Å²) < 4.78 is 13.0. The van der Waals surface area contributed by atoms with Crippen molar-refractivity contribution in [3.8, 4) is 5.75 Å². The first-order valence-corrected chi connectivity index (χ1v) is 7.24. The summed E-state index contributed by atoms with van der Waals surface area (Å²) in [4.78, 5) is 0. The van der Waals surface area contributed by atoms with Crippen LogP contribution in [0.25, 0.3) is 0 Å². The van der Waals surface area contributed by atoms with Gasteiger partial charge < -0.3 is 10.4 Å². The van der Waals surface area contributed by atoms with E-state index in [-0.39, 0.29) is 11.9 Å². The van der Waals surface area contributed by atoms with Gasteiger partial charge in [0.25, 0.3) is 0 Å². The minimum absolute atomic E-state index is 0.116. The molecule has 0 aliphatic rings. The molecule has 0 heterocycles. The molecule has 0 aliphatic carbocycles. The van der Waals surface area contributed by atoms with Crippen molar-refractivity contribution in [1.82, 2.24) is 5.32 Å². The van der Waals surface area contributed by atoms with Crippen molar-refractivity contribution in [2.24, 2.45) is 5.92 Å². The number of aryl methyl sites for hydroxylation is 1. The number of phenolic OH excluding ortho intramolecular Hbond substituents is 1. The van der Waals surface area contributed by atoms with Crippen LogP contribution in [0.3, 0.4) is 0 Å². The highest BCUT2D eigenvalue weighted by Crippen LogP contribution is 2.24. The van der Waals surface area contributed by atoms with Gasteiger partial charge in [-0.15, -0.1) is 0 Å². The zero-order valence-corrected chi connectivity index (χ0v) is 12.7. The topological polar surface area (TPSA) is 32.3 Å². The van der Waals surface area contributed by atoms with E-state index in [1.807, 2.05) is 31.2 Å². The molecule has 0 saturated heterocycles. The molecule has 0 fully saturated rings. The van der Waals surface area contributed by atoms with Gasteiger partial charge in [-0.2, -0.15) is 0 Å². The second-order valence-electron chi connectivity index (χ2n) is 5.79. The Balaban J connectivity index is 2.13. The largest absolute Gasteiger partial charge is 0.508 e. The molecule has 0 amide bonds. The second kappa shape index (κ2) is 6.72. The molecule has 2 rings (SSSR count). The van der Waals surface area contributed by atoms with Crippen molar-refractivity contribution in [3.05, 3.63) is 65.0 Å². The smallest absolute Gasteiger partial charge is 0.123 e. The van der Waals surface area contributed by atoms with Gasteiger partial charge in [0.05, 0.1) is 0 Å². The molecule has 0 radical (unpaired) electrons. The van der Waals surface area contributed by atoms with Gasteiger partial charge in [-0.3, -0.25) is 0 Å². The van der Waals surface area contributed by atoms with Crippen molar-refractivity contribution >= 4 is 0 Å². The van der Waals surface area contributed by atoms with Gasteiger partial charge in [-0.25, -0.2) is 4.39 Å². The van der Waals surface area contributed by atoms with Crippen LogP contribution >= 0.6 is 0 Å². The van der Waals surface area contributed by atoms with Gasteiger partial charge in [0.15, 0.2) is 0 Å². The van der Waals surface area contributed by atoms with E-state index in [4.69, 9.17) is 0 Å². The fraction of sp³-hybridized carbons (Fsp3) is 0.333. The van der Waals surface area contributed by atoms with Crippen LogP contribution in [0.1, 0.15) is 36.6 Å². The van der Waals surface area contributed by atoms with E-state index < -0.39 is 0 Å². The molecule has 21 heavy (non-hydrogen) atoms. The van der Waals surface area contributed by atoms with Crippen LogP contribution in [0.2, 0.25) is 0 Å². The standard InChI is InChI=1S/C18H22FNO/c1-12(2)18(14-5-7-16(19)8-6-14)20-11-15-10-13(3)4-9-17(15)21/h4-10,12,18,20-21H,11H2,1-3H3. The normalized spacial score (nSPS) is 12.6. The first kappa shape index (κ1) is 15.5. The lowest BCUT2D eigenvalue weighted by molar-refractivity contribution is 0.402. The first-order chi connectivity index (χ1) is 9.97. The third-order valence-electron chi connectivity index (χ3n) is 3.64. The Bertz CT molecular complexity index is 593. The number of phenols is 1. The molecule has 0 bridgehead atoms. The maximum absolute atomic E-state index is 13.0. The van der Waals surface area contributed by atoms with Gasteiger partial charge in [0, 0.05) is 18.2 Å². The second-order valence-corrected chi connectivity index (χ2v) is 5.79. The molecule has 0 saturated carbocycles. The summed E-state index contributed by atoms with van der Waals surface area (Å²) in [7, 11) is 0. The SMILES string of the molecule is Cc1ccc(O)c(CNC(c2ccc(F)cc2)C(C)C)c1. The third kappa shape index (κ3) is 4.05. The summed E-state index contributed by atoms with van der Waals surface area (Å²) in [6.45, 7) is 6.82. The Hall–Kier alpha value is -1.87. The molecule has 1 atom stereocenters. The Morgan fingerprint density at radius 3 is 2.38 bits per heavy atom. The number of hydrogen-bond donors (Lipinski definition) is 2. The Labute approximate surface area is 125 Å². The molecule has 0 aromatic heterocycles. The summed E-state index contributed by atoms with van der Waals surface area (Å²) in [5.74, 6) is 0.440. The van der Waals surface area contributed by atoms with E-state index >= 15 is 0 Å². The zero-order valence-electron chi connectivity index (χ0n) is 12.7. The average molecular weight is 287 g/mol. The van der Waals surface area contributed by atoms with Crippen molar-refractivity contribution in [1.29, 1.82) is 0 Å². The molecule has 0 aliphatic heterocycles. The molecule has 2 nitrogen and oxygen atoms in total. The molecule has 0 spiro atoms. The van der Waals surface area contributed by atoms with Crippen molar-refractivity contribution in [2.45, 2.75) is 33.4 Å². The zero-order chi connectivity index (χ0) is 15.4. The predicted molar refractivity (Wildman–Crippen MR) is 83.7 cm³/mol. The molecule has 2 N–H and O–H groups in total. The van der Waals surface area contributed by atoms with Crippen LogP contribution in [-0.2, 0) is 6.54 Å². The van der Waals surface area contributed by atoms with E-state index in [1.165, 1.54) is 12.1 Å². The molecule has 1 unspecified atom stereocenters. The van der Waals surface area contributed by atoms with Gasteiger partial charge in [-0.05, 0) is 36.6 Å². The van der Waals surface area contributed by atoms with Crippen molar-refractivity contribution in [2.75, 3.05) is 0 Å². The van der Waals surface area contributed by atoms with Gasteiger partial charge >= 0.3 is 0 Å². The van der Waals surface area contributed by atoms with Crippen LogP contribution in [0, 0.1) is 18.7 Å². The molecule has 2 aromatic rings. The fourth-order valence-corrected chi connectivity index (χ4v) is 2.48. The van der Waals surface area contributed by atoms with Crippen LogP contribution in [0.5, 0.6) is 5.75 Å². The van der Waals surface area contributed by atoms with E-state index in [0.29, 0.717) is 18.2 Å². The van der Waals surface area contributed by atoms with Crippen molar-refractivity contribution in [3.63, 3.8) is 0 Å². The molecule has 2 aromatic carbocycles.